The Morgan fingerprint density at radius 3 is 2.76 bits per heavy atom. The molecule has 0 unspecified atom stereocenters. The molecule has 0 aliphatic carbocycles. The normalized spacial score (nSPS) is 13.4. The van der Waals surface area contributed by atoms with E-state index in [2.05, 4.69) is 44.1 Å². The monoisotopic (exact) mass is 715 g/mol. The Labute approximate surface area is 255 Å². The second-order valence-electron chi connectivity index (χ2n) is 9.38. The van der Waals surface area contributed by atoms with Crippen LogP contribution in [0.15, 0.2) is 104 Å². The summed E-state index contributed by atoms with van der Waals surface area (Å²) in [6.45, 7) is -0.287. The molecule has 0 N–H and O–H groups in total. The molecule has 1 aliphatic heterocycles. The number of fused-ring (bicyclic) bond motifs is 6. The van der Waals surface area contributed by atoms with Crippen molar-refractivity contribution in [2.24, 2.45) is 0 Å². The van der Waals surface area contributed by atoms with Gasteiger partial charge in [0.1, 0.15) is 5.82 Å². The molecular weight excluding hydrogens is 691 g/mol. The minimum atomic E-state index is -2.26. The van der Waals surface area contributed by atoms with Gasteiger partial charge >= 0.3 is 0 Å². The molecule has 4 aromatic heterocycles. The average molecular weight is 716 g/mol. The van der Waals surface area contributed by atoms with E-state index in [1.54, 1.807) is 24.7 Å². The van der Waals surface area contributed by atoms with Crippen LogP contribution in [0.5, 0.6) is 11.5 Å². The van der Waals surface area contributed by atoms with E-state index in [0.29, 0.717) is 22.8 Å². The van der Waals surface area contributed by atoms with Gasteiger partial charge in [-0.15, -0.1) is 35.7 Å². The molecule has 7 aromatic rings. The Bertz CT molecular complexity index is 2170. The van der Waals surface area contributed by atoms with E-state index in [1.807, 2.05) is 70.5 Å². The van der Waals surface area contributed by atoms with E-state index in [1.165, 1.54) is 12.3 Å². The molecular formula is C33H21N6OPt-3. The van der Waals surface area contributed by atoms with Gasteiger partial charge in [-0.05, 0) is 60.5 Å². The number of anilines is 2. The van der Waals surface area contributed by atoms with Crippen molar-refractivity contribution in [3.8, 4) is 28.7 Å². The van der Waals surface area contributed by atoms with Crippen molar-refractivity contribution >= 4 is 33.2 Å². The summed E-state index contributed by atoms with van der Waals surface area (Å²) in [4.78, 5) is 15.4. The number of aryl methyl sites for hydroxylation is 1. The van der Waals surface area contributed by atoms with Gasteiger partial charge < -0.3 is 23.8 Å². The second kappa shape index (κ2) is 9.95. The minimum absolute atomic E-state index is 0. The van der Waals surface area contributed by atoms with Crippen molar-refractivity contribution in [3.63, 3.8) is 0 Å². The van der Waals surface area contributed by atoms with Gasteiger partial charge in [-0.25, -0.2) is 4.98 Å². The number of hydrogen-bond donors (Lipinski definition) is 0. The molecule has 7 nitrogen and oxygen atoms in total. The maximum Gasteiger partial charge on any atom is 0.135 e. The molecule has 0 fully saturated rings. The zero-order valence-corrected chi connectivity index (χ0v) is 23.6. The zero-order chi connectivity index (χ0) is 29.1. The first kappa shape index (κ1) is 21.9. The Kier molecular flexibility index (Phi) is 5.31. The van der Waals surface area contributed by atoms with Crippen LogP contribution in [-0.2, 0) is 21.1 Å². The standard InChI is InChI=1S/C33H21N6O.Pt/c1-22-11-14-35-32(17-22)39-30-19-25(9-10-26(30)27-12-13-34-20-31(27)39)40-24-6-4-5-23(18-24)38-21-37-16-15-36-33(37)28-7-2-3-8-29(28)38;/h2-17,20-21H,1H3;/q-3;/i1D3;. The molecule has 8 rings (SSSR count). The van der Waals surface area contributed by atoms with Crippen LogP contribution < -0.4 is 9.64 Å². The third kappa shape index (κ3) is 4.17. The first-order valence-corrected chi connectivity index (χ1v) is 12.7. The Balaban J connectivity index is 0.00000312. The predicted molar refractivity (Wildman–Crippen MR) is 155 cm³/mol. The van der Waals surface area contributed by atoms with Crippen LogP contribution in [0.4, 0.5) is 11.4 Å². The SMILES string of the molecule is [2H]C([2H])([2H])c1ccnc(-n2c3[c-]c(Oc4[c-]c(N5[CH-]n6ccnc6-c6ccccc65)ccc4)ccc3c3ccncc32)c1.[Pt]. The number of pyridine rings is 2. The zero-order valence-electron chi connectivity index (χ0n) is 24.3. The quantitative estimate of drug-likeness (QED) is 0.180. The Hall–Kier alpha value is -4.87. The average Bonchev–Trinajstić information content (AvgIpc) is 3.63. The van der Waals surface area contributed by atoms with E-state index in [-0.39, 0.29) is 26.6 Å². The van der Waals surface area contributed by atoms with Crippen LogP contribution in [0.2, 0.25) is 0 Å². The van der Waals surface area contributed by atoms with Crippen molar-refractivity contribution in [2.75, 3.05) is 4.90 Å². The van der Waals surface area contributed by atoms with E-state index in [0.717, 1.165) is 39.1 Å². The summed E-state index contributed by atoms with van der Waals surface area (Å²) in [5.41, 5.74) is 4.50. The largest absolute Gasteiger partial charge is 0.509 e. The van der Waals surface area contributed by atoms with Crippen molar-refractivity contribution in [1.82, 2.24) is 24.1 Å². The van der Waals surface area contributed by atoms with Gasteiger partial charge in [0.05, 0.1) is 11.7 Å². The van der Waals surface area contributed by atoms with Gasteiger partial charge in [0, 0.05) is 60.6 Å². The number of imidazole rings is 1. The molecule has 0 atom stereocenters. The Morgan fingerprint density at radius 2 is 1.80 bits per heavy atom. The number of nitrogens with zero attached hydrogens (tertiary/aromatic N) is 6. The molecule has 5 heterocycles. The molecule has 3 aromatic carbocycles. The van der Waals surface area contributed by atoms with Gasteiger partial charge in [0.25, 0.3) is 0 Å². The maximum atomic E-state index is 7.88. The van der Waals surface area contributed by atoms with Crippen molar-refractivity contribution in [1.29, 1.82) is 0 Å². The van der Waals surface area contributed by atoms with Crippen molar-refractivity contribution < 1.29 is 29.9 Å². The van der Waals surface area contributed by atoms with E-state index >= 15 is 0 Å². The molecule has 0 spiro atoms. The summed E-state index contributed by atoms with van der Waals surface area (Å²) in [6.07, 6.45) is 8.68. The molecule has 0 saturated carbocycles. The number of rotatable bonds is 4. The summed E-state index contributed by atoms with van der Waals surface area (Å²) >= 11 is 0. The van der Waals surface area contributed by atoms with Crippen LogP contribution in [0.25, 0.3) is 39.0 Å². The fourth-order valence-electron chi connectivity index (χ4n) is 5.23. The van der Waals surface area contributed by atoms with Crippen molar-refractivity contribution in [3.05, 3.63) is 128 Å². The summed E-state index contributed by atoms with van der Waals surface area (Å²) in [7, 11) is 0. The van der Waals surface area contributed by atoms with Gasteiger partial charge in [-0.1, -0.05) is 35.6 Å². The summed E-state index contributed by atoms with van der Waals surface area (Å²) in [5.74, 6) is 2.33. The molecule has 0 bridgehead atoms. The van der Waals surface area contributed by atoms with Crippen LogP contribution in [0.3, 0.4) is 0 Å². The van der Waals surface area contributed by atoms with Crippen LogP contribution in [0.1, 0.15) is 9.68 Å². The molecule has 8 heteroatoms. The van der Waals surface area contributed by atoms with Crippen molar-refractivity contribution in [2.45, 2.75) is 6.85 Å². The number of para-hydroxylation sites is 1. The van der Waals surface area contributed by atoms with Crippen LogP contribution >= 0.6 is 0 Å². The number of hydrogen-bond acceptors (Lipinski definition) is 5. The maximum absolute atomic E-state index is 7.88. The van der Waals surface area contributed by atoms with E-state index in [9.17, 15) is 0 Å². The third-order valence-corrected chi connectivity index (χ3v) is 6.97. The number of ether oxygens (including phenoxy) is 1. The van der Waals surface area contributed by atoms with Gasteiger partial charge in [-0.3, -0.25) is 4.98 Å². The summed E-state index contributed by atoms with van der Waals surface area (Å²) in [5, 5.41) is 1.86. The summed E-state index contributed by atoms with van der Waals surface area (Å²) < 4.78 is 33.8. The Morgan fingerprint density at radius 1 is 0.878 bits per heavy atom. The molecule has 0 radical (unpaired) electrons. The third-order valence-electron chi connectivity index (χ3n) is 6.97. The first-order valence-electron chi connectivity index (χ1n) is 14.2. The predicted octanol–water partition coefficient (Wildman–Crippen LogP) is 7.25. The van der Waals surface area contributed by atoms with E-state index in [4.69, 9.17) is 8.85 Å². The first-order chi connectivity index (χ1) is 20.9. The number of benzene rings is 3. The van der Waals surface area contributed by atoms with Gasteiger partial charge in [-0.2, -0.15) is 12.1 Å². The molecule has 41 heavy (non-hydrogen) atoms. The molecule has 0 saturated heterocycles. The minimum Gasteiger partial charge on any atom is -0.509 e. The summed E-state index contributed by atoms with van der Waals surface area (Å²) in [6, 6.07) is 29.5. The smallest absolute Gasteiger partial charge is 0.135 e. The number of aromatic nitrogens is 5. The molecule has 0 amide bonds. The molecule has 202 valence electrons. The van der Waals surface area contributed by atoms with Gasteiger partial charge in [0.15, 0.2) is 0 Å². The van der Waals surface area contributed by atoms with Gasteiger partial charge in [0.2, 0.25) is 0 Å². The van der Waals surface area contributed by atoms with Crippen LogP contribution in [-0.4, -0.2) is 24.1 Å². The topological polar surface area (TPSA) is 61.0 Å². The van der Waals surface area contributed by atoms with E-state index < -0.39 is 6.85 Å². The second-order valence-corrected chi connectivity index (χ2v) is 9.38. The molecule has 1 aliphatic rings. The van der Waals surface area contributed by atoms with Crippen LogP contribution in [0, 0.1) is 25.7 Å². The fourth-order valence-corrected chi connectivity index (χ4v) is 5.23. The fraction of sp³-hybridized carbons (Fsp3) is 0.0303.